The van der Waals surface area contributed by atoms with Crippen molar-refractivity contribution in [3.8, 4) is 11.1 Å². The van der Waals surface area contributed by atoms with Gasteiger partial charge in [-0.15, -0.1) is 0 Å². The highest BCUT2D eigenvalue weighted by Gasteiger charge is 2.27. The van der Waals surface area contributed by atoms with Crippen LogP contribution in [0.5, 0.6) is 0 Å². The number of aromatic carboxylic acids is 1. The predicted molar refractivity (Wildman–Crippen MR) is 66.3 cm³/mol. The number of carboxylic acids is 1. The summed E-state index contributed by atoms with van der Waals surface area (Å²) in [6.45, 7) is 1.65. The van der Waals surface area contributed by atoms with Crippen LogP contribution in [0.4, 0.5) is 8.78 Å². The zero-order chi connectivity index (χ0) is 13.7. The lowest BCUT2D eigenvalue weighted by molar-refractivity contribution is 0.0691. The second-order valence-corrected chi connectivity index (χ2v) is 4.66. The molecule has 0 amide bonds. The molecule has 0 unspecified atom stereocenters. The highest BCUT2D eigenvalue weighted by atomic mass is 19.1. The van der Waals surface area contributed by atoms with Crippen molar-refractivity contribution in [1.82, 2.24) is 0 Å². The normalized spacial score (nSPS) is 12.2. The fourth-order valence-electron chi connectivity index (χ4n) is 2.55. The van der Waals surface area contributed by atoms with Gasteiger partial charge in [-0.25, -0.2) is 13.6 Å². The van der Waals surface area contributed by atoms with E-state index < -0.39 is 11.8 Å². The van der Waals surface area contributed by atoms with Gasteiger partial charge in [0.15, 0.2) is 0 Å². The van der Waals surface area contributed by atoms with Gasteiger partial charge in [0.1, 0.15) is 11.6 Å². The molecule has 0 aromatic heterocycles. The number of hydrogen-bond acceptors (Lipinski definition) is 1. The van der Waals surface area contributed by atoms with Crippen LogP contribution in [-0.4, -0.2) is 11.1 Å². The van der Waals surface area contributed by atoms with E-state index >= 15 is 0 Å². The first kappa shape index (κ1) is 11.8. The van der Waals surface area contributed by atoms with E-state index in [0.29, 0.717) is 22.3 Å². The van der Waals surface area contributed by atoms with Crippen molar-refractivity contribution in [1.29, 1.82) is 0 Å². The molecule has 1 aliphatic rings. The molecule has 2 nitrogen and oxygen atoms in total. The predicted octanol–water partition coefficient (Wildman–Crippen LogP) is 3.54. The molecule has 0 saturated carbocycles. The molecule has 0 atom stereocenters. The van der Waals surface area contributed by atoms with Gasteiger partial charge in [-0.1, -0.05) is 18.2 Å². The molecule has 0 fully saturated rings. The largest absolute Gasteiger partial charge is 0.478 e. The minimum Gasteiger partial charge on any atom is -0.478 e. The fraction of sp³-hybridized carbons (Fsp3) is 0.133. The number of hydrogen-bond donors (Lipinski definition) is 1. The zero-order valence-corrected chi connectivity index (χ0v) is 10.1. The average molecular weight is 260 g/mol. The number of carboxylic acid groups (broad SMARTS) is 1. The number of aryl methyl sites for hydroxylation is 1. The van der Waals surface area contributed by atoms with E-state index in [1.54, 1.807) is 25.1 Å². The van der Waals surface area contributed by atoms with Crippen LogP contribution < -0.4 is 0 Å². The number of halogens is 2. The third-order valence-corrected chi connectivity index (χ3v) is 3.55. The molecule has 1 N–H and O–H groups in total. The summed E-state index contributed by atoms with van der Waals surface area (Å²) < 4.78 is 28.1. The summed E-state index contributed by atoms with van der Waals surface area (Å²) >= 11 is 0. The van der Waals surface area contributed by atoms with Crippen LogP contribution in [0.1, 0.15) is 27.0 Å². The van der Waals surface area contributed by atoms with Crippen molar-refractivity contribution in [3.63, 3.8) is 0 Å². The number of carbonyl (C=O) groups is 1. The van der Waals surface area contributed by atoms with E-state index in [2.05, 4.69) is 0 Å². The topological polar surface area (TPSA) is 37.3 Å². The van der Waals surface area contributed by atoms with Crippen LogP contribution in [0.3, 0.4) is 0 Å². The lowest BCUT2D eigenvalue weighted by atomic mass is 10.0. The Kier molecular flexibility index (Phi) is 2.42. The van der Waals surface area contributed by atoms with Crippen LogP contribution in [0.15, 0.2) is 24.3 Å². The van der Waals surface area contributed by atoms with Gasteiger partial charge in [-0.2, -0.15) is 0 Å². The van der Waals surface area contributed by atoms with Gasteiger partial charge in [0.2, 0.25) is 0 Å². The first-order valence-corrected chi connectivity index (χ1v) is 5.83. The van der Waals surface area contributed by atoms with E-state index in [1.807, 2.05) is 0 Å². The van der Waals surface area contributed by atoms with E-state index in [1.165, 1.54) is 6.07 Å². The Balaban J connectivity index is 2.26. The van der Waals surface area contributed by atoms with Crippen LogP contribution in [0.25, 0.3) is 11.1 Å². The molecular formula is C15H10F2O2. The van der Waals surface area contributed by atoms with Gasteiger partial charge in [-0.05, 0) is 29.7 Å². The second-order valence-electron chi connectivity index (χ2n) is 4.66. The van der Waals surface area contributed by atoms with Crippen molar-refractivity contribution >= 4 is 5.97 Å². The minimum absolute atomic E-state index is 0.102. The maximum absolute atomic E-state index is 14.1. The standard InChI is InChI=1S/C15H10F2O2/c1-7-2-3-8-9-4-5-10(15(18)19)14(17)12(9)6-11(8)13(7)16/h2-5H,6H2,1H3,(H,18,19). The molecule has 19 heavy (non-hydrogen) atoms. The molecule has 0 bridgehead atoms. The van der Waals surface area contributed by atoms with Crippen LogP contribution in [-0.2, 0) is 6.42 Å². The molecule has 0 radical (unpaired) electrons. The van der Waals surface area contributed by atoms with Crippen molar-refractivity contribution in [2.24, 2.45) is 0 Å². The maximum Gasteiger partial charge on any atom is 0.338 e. The van der Waals surface area contributed by atoms with Gasteiger partial charge >= 0.3 is 5.97 Å². The summed E-state index contributed by atoms with van der Waals surface area (Å²) in [6, 6.07) is 6.16. The van der Waals surface area contributed by atoms with Crippen molar-refractivity contribution in [2.75, 3.05) is 0 Å². The summed E-state index contributed by atoms with van der Waals surface area (Å²) in [5, 5.41) is 8.90. The van der Waals surface area contributed by atoms with Gasteiger partial charge in [0.25, 0.3) is 0 Å². The SMILES string of the molecule is Cc1ccc2c(c1F)Cc1c-2ccc(C(=O)O)c1F. The Hall–Kier alpha value is -2.23. The molecular weight excluding hydrogens is 250 g/mol. The molecule has 3 rings (SSSR count). The minimum atomic E-state index is -1.31. The highest BCUT2D eigenvalue weighted by Crippen LogP contribution is 2.40. The lowest BCUT2D eigenvalue weighted by Crippen LogP contribution is -2.03. The summed E-state index contributed by atoms with van der Waals surface area (Å²) in [7, 11) is 0. The van der Waals surface area contributed by atoms with Gasteiger partial charge in [-0.3, -0.25) is 0 Å². The monoisotopic (exact) mass is 260 g/mol. The third-order valence-electron chi connectivity index (χ3n) is 3.55. The van der Waals surface area contributed by atoms with Crippen molar-refractivity contribution in [2.45, 2.75) is 13.3 Å². The van der Waals surface area contributed by atoms with Gasteiger partial charge in [0, 0.05) is 17.5 Å². The average Bonchev–Trinajstić information content (AvgIpc) is 2.74. The van der Waals surface area contributed by atoms with E-state index in [-0.39, 0.29) is 23.4 Å². The van der Waals surface area contributed by atoms with Crippen LogP contribution in [0.2, 0.25) is 0 Å². The van der Waals surface area contributed by atoms with Gasteiger partial charge in [0.05, 0.1) is 5.56 Å². The Bertz CT molecular complexity index is 721. The molecule has 0 heterocycles. The first-order valence-electron chi connectivity index (χ1n) is 5.83. The summed E-state index contributed by atoms with van der Waals surface area (Å²) in [5.41, 5.74) is 2.07. The Morgan fingerprint density at radius 1 is 1.05 bits per heavy atom. The Morgan fingerprint density at radius 2 is 1.63 bits per heavy atom. The molecule has 1 aliphatic carbocycles. The first-order chi connectivity index (χ1) is 9.00. The Morgan fingerprint density at radius 3 is 2.26 bits per heavy atom. The Labute approximate surface area is 108 Å². The summed E-state index contributed by atoms with van der Waals surface area (Å²) in [4.78, 5) is 10.9. The third kappa shape index (κ3) is 1.56. The van der Waals surface area contributed by atoms with Gasteiger partial charge < -0.3 is 5.11 Å². The molecule has 2 aromatic rings. The molecule has 0 saturated heterocycles. The summed E-state index contributed by atoms with van der Waals surface area (Å²) in [6.07, 6.45) is 0.102. The fourth-order valence-corrected chi connectivity index (χ4v) is 2.55. The van der Waals surface area contributed by atoms with E-state index in [4.69, 9.17) is 5.11 Å². The maximum atomic E-state index is 14.1. The lowest BCUT2D eigenvalue weighted by Gasteiger charge is -2.05. The highest BCUT2D eigenvalue weighted by molar-refractivity contribution is 5.90. The van der Waals surface area contributed by atoms with Crippen molar-refractivity contribution < 1.29 is 18.7 Å². The zero-order valence-electron chi connectivity index (χ0n) is 10.1. The van der Waals surface area contributed by atoms with Crippen LogP contribution >= 0.6 is 0 Å². The smallest absolute Gasteiger partial charge is 0.338 e. The van der Waals surface area contributed by atoms with E-state index in [0.717, 1.165) is 0 Å². The summed E-state index contributed by atoms with van der Waals surface area (Å²) in [5.74, 6) is -2.42. The van der Waals surface area contributed by atoms with Crippen LogP contribution in [0, 0.1) is 18.6 Å². The molecule has 96 valence electrons. The number of fused-ring (bicyclic) bond motifs is 3. The molecule has 0 spiro atoms. The second kappa shape index (κ2) is 3.88. The molecule has 2 aromatic carbocycles. The molecule has 4 heteroatoms. The number of rotatable bonds is 1. The molecule has 0 aliphatic heterocycles. The number of benzene rings is 2. The van der Waals surface area contributed by atoms with Crippen molar-refractivity contribution in [3.05, 3.63) is 58.2 Å². The quantitative estimate of drug-likeness (QED) is 0.726. The van der Waals surface area contributed by atoms with E-state index in [9.17, 15) is 13.6 Å².